The van der Waals surface area contributed by atoms with E-state index in [1.807, 2.05) is 12.1 Å². The molecule has 1 N–H and O–H groups in total. The maximum Gasteiger partial charge on any atom is 0.407 e. The summed E-state index contributed by atoms with van der Waals surface area (Å²) in [4.78, 5) is 17.5. The van der Waals surface area contributed by atoms with Crippen LogP contribution < -0.4 is 0 Å². The van der Waals surface area contributed by atoms with Crippen LogP contribution in [0.3, 0.4) is 0 Å². The van der Waals surface area contributed by atoms with E-state index in [1.54, 1.807) is 0 Å². The number of piperazine rings is 1. The van der Waals surface area contributed by atoms with Gasteiger partial charge in [-0.3, -0.25) is 4.90 Å². The maximum atomic E-state index is 11.2. The first kappa shape index (κ1) is 17.5. The molecule has 1 amide bonds. The van der Waals surface area contributed by atoms with Gasteiger partial charge < -0.3 is 14.9 Å². The van der Waals surface area contributed by atoms with Crippen LogP contribution in [0, 0.1) is 5.92 Å². The lowest BCUT2D eigenvalue weighted by molar-refractivity contribution is 0.0484. The first-order valence-electron chi connectivity index (χ1n) is 8.70. The SMILES string of the molecule is CN1CCC(C(c2cccc(Cl)c2)N2CCN(C(=O)O)CC2)CC1. The van der Waals surface area contributed by atoms with Gasteiger partial charge in [-0.1, -0.05) is 23.7 Å². The molecule has 2 heterocycles. The van der Waals surface area contributed by atoms with Crippen LogP contribution in [0.25, 0.3) is 0 Å². The van der Waals surface area contributed by atoms with Crippen LogP contribution in [0.5, 0.6) is 0 Å². The van der Waals surface area contributed by atoms with Gasteiger partial charge in [-0.05, 0) is 56.6 Å². The summed E-state index contributed by atoms with van der Waals surface area (Å²) in [6.07, 6.45) is 1.54. The zero-order chi connectivity index (χ0) is 17.1. The Kier molecular flexibility index (Phi) is 5.64. The Bertz CT molecular complexity index is 567. The highest BCUT2D eigenvalue weighted by molar-refractivity contribution is 6.30. The molecule has 2 fully saturated rings. The lowest BCUT2D eigenvalue weighted by Crippen LogP contribution is -2.51. The number of hydrogen-bond donors (Lipinski definition) is 1. The fraction of sp³-hybridized carbons (Fsp3) is 0.611. The Hall–Kier alpha value is -1.30. The maximum absolute atomic E-state index is 11.2. The molecule has 2 aliphatic heterocycles. The molecule has 5 nitrogen and oxygen atoms in total. The highest BCUT2D eigenvalue weighted by atomic mass is 35.5. The molecule has 0 aromatic heterocycles. The van der Waals surface area contributed by atoms with Crippen LogP contribution >= 0.6 is 11.6 Å². The predicted octanol–water partition coefficient (Wildman–Crippen LogP) is 3.02. The van der Waals surface area contributed by atoms with Gasteiger partial charge in [0.2, 0.25) is 0 Å². The summed E-state index contributed by atoms with van der Waals surface area (Å²) in [7, 11) is 2.18. The van der Waals surface area contributed by atoms with Crippen molar-refractivity contribution in [2.24, 2.45) is 5.92 Å². The van der Waals surface area contributed by atoms with E-state index in [0.717, 1.165) is 31.2 Å². The van der Waals surface area contributed by atoms with Gasteiger partial charge in [0.1, 0.15) is 0 Å². The molecule has 24 heavy (non-hydrogen) atoms. The number of piperidine rings is 1. The molecule has 0 aliphatic carbocycles. The molecular weight excluding hydrogens is 326 g/mol. The van der Waals surface area contributed by atoms with Crippen molar-refractivity contribution < 1.29 is 9.90 Å². The second-order valence-corrected chi connectivity index (χ2v) is 7.38. The van der Waals surface area contributed by atoms with Gasteiger partial charge in [-0.15, -0.1) is 0 Å². The monoisotopic (exact) mass is 351 g/mol. The van der Waals surface area contributed by atoms with Gasteiger partial charge in [0.25, 0.3) is 0 Å². The summed E-state index contributed by atoms with van der Waals surface area (Å²) >= 11 is 6.24. The standard InChI is InChI=1S/C18H26ClN3O2/c1-20-7-5-14(6-8-20)17(15-3-2-4-16(19)13-15)21-9-11-22(12-10-21)18(23)24/h2-4,13-14,17H,5-12H2,1H3,(H,23,24). The molecule has 0 bridgehead atoms. The fourth-order valence-corrected chi connectivity index (χ4v) is 4.21. The number of benzene rings is 1. The van der Waals surface area contributed by atoms with Gasteiger partial charge >= 0.3 is 6.09 Å². The van der Waals surface area contributed by atoms with E-state index >= 15 is 0 Å². The third-order valence-electron chi connectivity index (χ3n) is 5.38. The van der Waals surface area contributed by atoms with Crippen molar-refractivity contribution in [1.82, 2.24) is 14.7 Å². The van der Waals surface area contributed by atoms with Gasteiger partial charge in [0.05, 0.1) is 0 Å². The zero-order valence-electron chi connectivity index (χ0n) is 14.2. The van der Waals surface area contributed by atoms with Crippen LogP contribution in [0.4, 0.5) is 4.79 Å². The minimum atomic E-state index is -0.812. The van der Waals surface area contributed by atoms with Gasteiger partial charge in [-0.2, -0.15) is 0 Å². The Labute approximate surface area is 148 Å². The topological polar surface area (TPSA) is 47.0 Å². The predicted molar refractivity (Wildman–Crippen MR) is 95.6 cm³/mol. The van der Waals surface area contributed by atoms with Crippen LogP contribution in [0.2, 0.25) is 5.02 Å². The number of carboxylic acid groups (broad SMARTS) is 1. The molecule has 1 aromatic rings. The van der Waals surface area contributed by atoms with E-state index in [-0.39, 0.29) is 0 Å². The highest BCUT2D eigenvalue weighted by Gasteiger charge is 2.33. The summed E-state index contributed by atoms with van der Waals surface area (Å²) in [5.74, 6) is 0.594. The third-order valence-corrected chi connectivity index (χ3v) is 5.61. The average Bonchev–Trinajstić information content (AvgIpc) is 2.57. The average molecular weight is 352 g/mol. The number of rotatable bonds is 3. The minimum absolute atomic E-state index is 0.327. The van der Waals surface area contributed by atoms with Crippen molar-refractivity contribution in [3.8, 4) is 0 Å². The summed E-state index contributed by atoms with van der Waals surface area (Å²) in [5.41, 5.74) is 1.26. The Morgan fingerprint density at radius 1 is 1.17 bits per heavy atom. The second kappa shape index (κ2) is 7.72. The van der Waals surface area contributed by atoms with E-state index in [0.29, 0.717) is 25.0 Å². The van der Waals surface area contributed by atoms with Crippen LogP contribution in [0.15, 0.2) is 24.3 Å². The first-order chi connectivity index (χ1) is 11.5. The molecule has 1 aromatic carbocycles. The molecule has 3 rings (SSSR count). The smallest absolute Gasteiger partial charge is 0.407 e. The van der Waals surface area contributed by atoms with E-state index in [4.69, 9.17) is 11.6 Å². The largest absolute Gasteiger partial charge is 0.465 e. The molecule has 1 unspecified atom stereocenters. The molecule has 2 aliphatic rings. The number of carbonyl (C=O) groups is 1. The summed E-state index contributed by atoms with van der Waals surface area (Å²) in [6, 6.07) is 8.51. The first-order valence-corrected chi connectivity index (χ1v) is 9.08. The molecule has 6 heteroatoms. The highest BCUT2D eigenvalue weighted by Crippen LogP contribution is 2.36. The van der Waals surface area contributed by atoms with Crippen molar-refractivity contribution in [3.05, 3.63) is 34.9 Å². The zero-order valence-corrected chi connectivity index (χ0v) is 15.0. The van der Waals surface area contributed by atoms with E-state index < -0.39 is 6.09 Å². The van der Waals surface area contributed by atoms with Gasteiger partial charge in [0.15, 0.2) is 0 Å². The normalized spacial score (nSPS) is 22.5. The van der Waals surface area contributed by atoms with Crippen molar-refractivity contribution in [3.63, 3.8) is 0 Å². The van der Waals surface area contributed by atoms with Crippen molar-refractivity contribution in [1.29, 1.82) is 0 Å². The Morgan fingerprint density at radius 3 is 2.42 bits per heavy atom. The number of likely N-dealkylation sites (tertiary alicyclic amines) is 1. The van der Waals surface area contributed by atoms with Crippen LogP contribution in [0.1, 0.15) is 24.4 Å². The lowest BCUT2D eigenvalue weighted by atomic mass is 9.84. The number of halogens is 1. The third kappa shape index (κ3) is 4.02. The summed E-state index contributed by atoms with van der Waals surface area (Å²) in [5, 5.41) is 9.95. The molecule has 0 saturated carbocycles. The van der Waals surface area contributed by atoms with E-state index in [9.17, 15) is 9.90 Å². The molecule has 132 valence electrons. The number of amides is 1. The molecular formula is C18H26ClN3O2. The lowest BCUT2D eigenvalue weighted by Gasteiger charge is -2.44. The van der Waals surface area contributed by atoms with Gasteiger partial charge in [-0.25, -0.2) is 4.79 Å². The molecule has 0 spiro atoms. The fourth-order valence-electron chi connectivity index (χ4n) is 4.01. The van der Waals surface area contributed by atoms with Crippen molar-refractivity contribution >= 4 is 17.7 Å². The number of nitrogens with zero attached hydrogens (tertiary/aromatic N) is 3. The second-order valence-electron chi connectivity index (χ2n) is 6.95. The Morgan fingerprint density at radius 2 is 1.83 bits per heavy atom. The Balaban J connectivity index is 1.79. The van der Waals surface area contributed by atoms with Crippen molar-refractivity contribution in [2.75, 3.05) is 46.3 Å². The molecule has 2 saturated heterocycles. The summed E-state index contributed by atoms with van der Waals surface area (Å²) < 4.78 is 0. The van der Waals surface area contributed by atoms with E-state index in [2.05, 4.69) is 29.0 Å². The van der Waals surface area contributed by atoms with Gasteiger partial charge in [0, 0.05) is 37.2 Å². The molecule has 0 radical (unpaired) electrons. The van der Waals surface area contributed by atoms with Crippen molar-refractivity contribution in [2.45, 2.75) is 18.9 Å². The number of hydrogen-bond acceptors (Lipinski definition) is 3. The summed E-state index contributed by atoms with van der Waals surface area (Å²) in [6.45, 7) is 4.98. The minimum Gasteiger partial charge on any atom is -0.465 e. The quantitative estimate of drug-likeness (QED) is 0.909. The van der Waals surface area contributed by atoms with Crippen LogP contribution in [-0.4, -0.2) is 72.2 Å². The van der Waals surface area contributed by atoms with E-state index in [1.165, 1.54) is 23.3 Å². The molecule has 1 atom stereocenters. The van der Waals surface area contributed by atoms with Crippen LogP contribution in [-0.2, 0) is 0 Å².